The van der Waals surface area contributed by atoms with Crippen molar-refractivity contribution < 1.29 is 14.7 Å². The summed E-state index contributed by atoms with van der Waals surface area (Å²) in [6.07, 6.45) is 0.952. The summed E-state index contributed by atoms with van der Waals surface area (Å²) in [4.78, 5) is 23.2. The second-order valence-corrected chi connectivity index (χ2v) is 4.57. The van der Waals surface area contributed by atoms with Gasteiger partial charge in [-0.2, -0.15) is 0 Å². The minimum absolute atomic E-state index is 0.352. The Morgan fingerprint density at radius 2 is 2.31 bits per heavy atom. The van der Waals surface area contributed by atoms with Crippen LogP contribution >= 0.6 is 15.9 Å². The largest absolute Gasteiger partial charge is 0.480 e. The van der Waals surface area contributed by atoms with Gasteiger partial charge in [-0.3, -0.25) is 4.79 Å². The minimum Gasteiger partial charge on any atom is -0.480 e. The van der Waals surface area contributed by atoms with Gasteiger partial charge in [0.05, 0.1) is 0 Å². The summed E-state index contributed by atoms with van der Waals surface area (Å²) in [5.41, 5.74) is 1.98. The Hall–Kier alpha value is -1.36. The van der Waals surface area contributed by atoms with Crippen LogP contribution in [0.15, 0.2) is 22.7 Å². The Balaban J connectivity index is 2.41. The predicted molar refractivity (Wildman–Crippen MR) is 60.9 cm³/mol. The Labute approximate surface area is 101 Å². The van der Waals surface area contributed by atoms with Gasteiger partial charge < -0.3 is 10.0 Å². The van der Waals surface area contributed by atoms with Crippen LogP contribution in [0.25, 0.3) is 0 Å². The van der Waals surface area contributed by atoms with Crippen molar-refractivity contribution in [2.45, 2.75) is 19.0 Å². The maximum Gasteiger partial charge on any atom is 0.326 e. The molecule has 5 heteroatoms. The molecule has 84 valence electrons. The number of hydrogen-bond acceptors (Lipinski definition) is 2. The number of halogens is 1. The zero-order chi connectivity index (χ0) is 11.7. The summed E-state index contributed by atoms with van der Waals surface area (Å²) in [6, 6.07) is 4.92. The number of carboxylic acid groups (broad SMARTS) is 1. The molecule has 1 aliphatic rings. The van der Waals surface area contributed by atoms with Crippen LogP contribution in [0.4, 0.5) is 0 Å². The molecule has 1 N–H and O–H groups in total. The van der Waals surface area contributed by atoms with Gasteiger partial charge >= 0.3 is 5.97 Å². The lowest BCUT2D eigenvalue weighted by Crippen LogP contribution is -2.44. The molecular weight excluding hydrogens is 274 g/mol. The Morgan fingerprint density at radius 1 is 1.56 bits per heavy atom. The van der Waals surface area contributed by atoms with Crippen LogP contribution in [0.2, 0.25) is 0 Å². The normalized spacial score (nSPS) is 19.1. The van der Waals surface area contributed by atoms with Crippen molar-refractivity contribution in [2.24, 2.45) is 0 Å². The van der Waals surface area contributed by atoms with Gasteiger partial charge in [0.1, 0.15) is 6.04 Å². The number of fused-ring (bicyclic) bond motifs is 1. The second kappa shape index (κ2) is 4.25. The fraction of sp³-hybridized carbons (Fsp3) is 0.273. The fourth-order valence-electron chi connectivity index (χ4n) is 1.94. The molecule has 1 heterocycles. The van der Waals surface area contributed by atoms with E-state index in [1.54, 1.807) is 0 Å². The molecule has 16 heavy (non-hydrogen) atoms. The van der Waals surface area contributed by atoms with Gasteiger partial charge in [0.2, 0.25) is 6.41 Å². The first-order valence-corrected chi connectivity index (χ1v) is 5.63. The summed E-state index contributed by atoms with van der Waals surface area (Å²) in [5, 5.41) is 9.04. The summed E-state index contributed by atoms with van der Waals surface area (Å²) >= 11 is 3.40. The number of hydrogen-bond donors (Lipinski definition) is 1. The first-order chi connectivity index (χ1) is 7.63. The lowest BCUT2D eigenvalue weighted by atomic mass is 9.94. The van der Waals surface area contributed by atoms with Gasteiger partial charge in [-0.1, -0.05) is 28.1 Å². The molecule has 0 aliphatic carbocycles. The van der Waals surface area contributed by atoms with E-state index in [2.05, 4.69) is 15.9 Å². The number of rotatable bonds is 2. The average molecular weight is 284 g/mol. The van der Waals surface area contributed by atoms with Crippen LogP contribution < -0.4 is 0 Å². The van der Waals surface area contributed by atoms with Gasteiger partial charge in [0, 0.05) is 17.4 Å². The van der Waals surface area contributed by atoms with E-state index in [1.807, 2.05) is 18.2 Å². The van der Waals surface area contributed by atoms with Crippen molar-refractivity contribution in [3.63, 3.8) is 0 Å². The van der Waals surface area contributed by atoms with Gasteiger partial charge in [0.25, 0.3) is 0 Å². The molecular formula is C11H10BrNO3. The number of aliphatic carboxylic acids is 1. The molecule has 0 radical (unpaired) electrons. The quantitative estimate of drug-likeness (QED) is 0.835. The van der Waals surface area contributed by atoms with E-state index in [0.717, 1.165) is 15.6 Å². The average Bonchev–Trinajstić information content (AvgIpc) is 2.27. The summed E-state index contributed by atoms with van der Waals surface area (Å²) in [7, 11) is 0. The molecule has 2 rings (SSSR count). The highest BCUT2D eigenvalue weighted by atomic mass is 79.9. The number of carbonyl (C=O) groups is 2. The standard InChI is InChI=1S/C11H10BrNO3/c12-9-3-1-2-7-5-13(6-14)10(11(15)16)4-8(7)9/h1-3,6,10H,4-5H2,(H,15,16). The van der Waals surface area contributed by atoms with Crippen LogP contribution in [0.3, 0.4) is 0 Å². The molecule has 0 spiro atoms. The SMILES string of the molecule is O=CN1Cc2cccc(Br)c2CC1C(=O)O. The minimum atomic E-state index is -0.964. The second-order valence-electron chi connectivity index (χ2n) is 3.71. The first kappa shape index (κ1) is 11.1. The van der Waals surface area contributed by atoms with E-state index in [9.17, 15) is 9.59 Å². The highest BCUT2D eigenvalue weighted by Gasteiger charge is 2.31. The Morgan fingerprint density at radius 3 is 2.94 bits per heavy atom. The fourth-order valence-corrected chi connectivity index (χ4v) is 2.51. The molecule has 1 amide bonds. The third-order valence-electron chi connectivity index (χ3n) is 2.79. The maximum absolute atomic E-state index is 11.0. The summed E-state index contributed by atoms with van der Waals surface area (Å²) in [6.45, 7) is 0.356. The third kappa shape index (κ3) is 1.82. The lowest BCUT2D eigenvalue weighted by Gasteiger charge is -2.31. The molecule has 1 atom stereocenters. The Kier molecular flexibility index (Phi) is 2.96. The van der Waals surface area contributed by atoms with Crippen molar-refractivity contribution in [1.29, 1.82) is 0 Å². The van der Waals surface area contributed by atoms with Crippen LogP contribution in [0.1, 0.15) is 11.1 Å². The van der Waals surface area contributed by atoms with Gasteiger partial charge in [-0.25, -0.2) is 4.79 Å². The Bertz CT molecular complexity index is 447. The molecule has 1 aromatic carbocycles. The molecule has 0 bridgehead atoms. The summed E-state index contributed by atoms with van der Waals surface area (Å²) in [5.74, 6) is -0.964. The molecule has 4 nitrogen and oxygen atoms in total. The number of benzene rings is 1. The smallest absolute Gasteiger partial charge is 0.326 e. The van der Waals surface area contributed by atoms with Crippen molar-refractivity contribution in [3.8, 4) is 0 Å². The van der Waals surface area contributed by atoms with E-state index in [4.69, 9.17) is 5.11 Å². The van der Waals surface area contributed by atoms with Gasteiger partial charge in [0.15, 0.2) is 0 Å². The predicted octanol–water partition coefficient (Wildman–Crippen LogP) is 1.42. The van der Waals surface area contributed by atoms with Crippen LogP contribution in [-0.4, -0.2) is 28.4 Å². The zero-order valence-electron chi connectivity index (χ0n) is 8.39. The molecule has 0 saturated heterocycles. The maximum atomic E-state index is 11.0. The number of carbonyl (C=O) groups excluding carboxylic acids is 1. The van der Waals surface area contributed by atoms with Crippen LogP contribution in [0.5, 0.6) is 0 Å². The van der Waals surface area contributed by atoms with E-state index < -0.39 is 12.0 Å². The van der Waals surface area contributed by atoms with Crippen molar-refractivity contribution in [1.82, 2.24) is 4.90 Å². The van der Waals surface area contributed by atoms with Crippen LogP contribution in [0, 0.1) is 0 Å². The molecule has 0 fully saturated rings. The number of carboxylic acids is 1. The number of amides is 1. The van der Waals surface area contributed by atoms with Crippen molar-refractivity contribution >= 4 is 28.3 Å². The highest BCUT2D eigenvalue weighted by molar-refractivity contribution is 9.10. The molecule has 1 unspecified atom stereocenters. The van der Waals surface area contributed by atoms with Crippen molar-refractivity contribution in [2.75, 3.05) is 0 Å². The monoisotopic (exact) mass is 283 g/mol. The zero-order valence-corrected chi connectivity index (χ0v) is 9.98. The van der Waals surface area contributed by atoms with Crippen molar-refractivity contribution in [3.05, 3.63) is 33.8 Å². The van der Waals surface area contributed by atoms with E-state index in [1.165, 1.54) is 4.90 Å². The molecule has 1 aromatic rings. The van der Waals surface area contributed by atoms with E-state index in [-0.39, 0.29) is 0 Å². The third-order valence-corrected chi connectivity index (χ3v) is 3.53. The van der Waals surface area contributed by atoms with E-state index in [0.29, 0.717) is 19.4 Å². The molecule has 1 aliphatic heterocycles. The van der Waals surface area contributed by atoms with Gasteiger partial charge in [-0.15, -0.1) is 0 Å². The first-order valence-electron chi connectivity index (χ1n) is 4.83. The highest BCUT2D eigenvalue weighted by Crippen LogP contribution is 2.28. The number of nitrogens with zero attached hydrogens (tertiary/aromatic N) is 1. The molecule has 0 saturated carbocycles. The van der Waals surface area contributed by atoms with Crippen LogP contribution in [-0.2, 0) is 22.6 Å². The van der Waals surface area contributed by atoms with E-state index >= 15 is 0 Å². The summed E-state index contributed by atoms with van der Waals surface area (Å²) < 4.78 is 0.904. The van der Waals surface area contributed by atoms with Gasteiger partial charge in [-0.05, 0) is 17.2 Å². The lowest BCUT2D eigenvalue weighted by molar-refractivity contribution is -0.147. The topological polar surface area (TPSA) is 57.6 Å². The molecule has 0 aromatic heterocycles.